The van der Waals surface area contributed by atoms with E-state index in [9.17, 15) is 13.2 Å². The molecule has 0 bridgehead atoms. The molecule has 1 aromatic carbocycles. The summed E-state index contributed by atoms with van der Waals surface area (Å²) in [7, 11) is -1.63. The maximum Gasteiger partial charge on any atom is 0.240 e. The van der Waals surface area contributed by atoms with Gasteiger partial charge in [-0.1, -0.05) is 26.0 Å². The Kier molecular flexibility index (Phi) is 6.80. The predicted octanol–water partition coefficient (Wildman–Crippen LogP) is 0.457. The van der Waals surface area contributed by atoms with Gasteiger partial charge in [0.1, 0.15) is 0 Å². The third-order valence-electron chi connectivity index (χ3n) is 2.99. The fraction of sp³-hybridized carbons (Fsp3) is 0.500. The molecule has 1 unspecified atom stereocenters. The van der Waals surface area contributed by atoms with Gasteiger partial charge in [0.25, 0.3) is 0 Å². The van der Waals surface area contributed by atoms with Gasteiger partial charge >= 0.3 is 0 Å². The van der Waals surface area contributed by atoms with Crippen LogP contribution >= 0.6 is 0 Å². The second-order valence-electron chi connectivity index (χ2n) is 4.82. The summed E-state index contributed by atoms with van der Waals surface area (Å²) in [5.41, 5.74) is 0.857. The number of carbonyl (C=O) groups excluding carboxylic acids is 1. The molecule has 1 rings (SSSR count). The van der Waals surface area contributed by atoms with Crippen LogP contribution in [0.15, 0.2) is 29.2 Å². The number of hydrogen-bond donors (Lipinski definition) is 3. The first-order chi connectivity index (χ1) is 9.90. The van der Waals surface area contributed by atoms with Gasteiger partial charge in [0, 0.05) is 25.6 Å². The summed E-state index contributed by atoms with van der Waals surface area (Å²) in [4.78, 5) is 12.0. The molecule has 0 aliphatic carbocycles. The fourth-order valence-electron chi connectivity index (χ4n) is 1.82. The molecule has 0 heterocycles. The van der Waals surface area contributed by atoms with Gasteiger partial charge in [-0.15, -0.1) is 0 Å². The molecular formula is C14H23N3O3S. The molecule has 0 radical (unpaired) electrons. The molecule has 1 atom stereocenters. The minimum Gasteiger partial charge on any atom is -0.352 e. The van der Waals surface area contributed by atoms with Crippen molar-refractivity contribution in [3.05, 3.63) is 29.8 Å². The van der Waals surface area contributed by atoms with Crippen molar-refractivity contribution in [3.8, 4) is 0 Å². The lowest BCUT2D eigenvalue weighted by Crippen LogP contribution is -2.33. The van der Waals surface area contributed by atoms with Gasteiger partial charge in [0.15, 0.2) is 0 Å². The molecule has 1 aromatic rings. The molecule has 3 N–H and O–H groups in total. The normalized spacial score (nSPS) is 12.9. The molecule has 0 fully saturated rings. The summed E-state index contributed by atoms with van der Waals surface area (Å²) in [6, 6.07) is 6.48. The van der Waals surface area contributed by atoms with Crippen molar-refractivity contribution >= 4 is 15.9 Å². The topological polar surface area (TPSA) is 87.3 Å². The minimum atomic E-state index is -3.42. The van der Waals surface area contributed by atoms with Crippen LogP contribution in [0.2, 0.25) is 0 Å². The van der Waals surface area contributed by atoms with Crippen molar-refractivity contribution in [1.82, 2.24) is 15.4 Å². The first-order valence-electron chi connectivity index (χ1n) is 6.91. The Hall–Kier alpha value is -1.44. The monoisotopic (exact) mass is 313 g/mol. The Morgan fingerprint density at radius 3 is 2.38 bits per heavy atom. The molecule has 0 aliphatic rings. The lowest BCUT2D eigenvalue weighted by Gasteiger charge is -2.12. The smallest absolute Gasteiger partial charge is 0.240 e. The Bertz CT molecular complexity index is 555. The zero-order chi connectivity index (χ0) is 15.9. The summed E-state index contributed by atoms with van der Waals surface area (Å²) in [5.74, 6) is -0.142. The molecule has 0 saturated carbocycles. The Morgan fingerprint density at radius 2 is 1.86 bits per heavy atom. The number of rotatable bonds is 8. The molecule has 0 saturated heterocycles. The number of carbonyl (C=O) groups is 1. The van der Waals surface area contributed by atoms with E-state index in [4.69, 9.17) is 0 Å². The van der Waals surface area contributed by atoms with E-state index >= 15 is 0 Å². The van der Waals surface area contributed by atoms with Crippen LogP contribution in [0.5, 0.6) is 0 Å². The van der Waals surface area contributed by atoms with Crippen LogP contribution in [-0.2, 0) is 21.4 Å². The van der Waals surface area contributed by atoms with Crippen molar-refractivity contribution in [3.63, 3.8) is 0 Å². The second kappa shape index (κ2) is 8.11. The average Bonchev–Trinajstić information content (AvgIpc) is 2.45. The maximum absolute atomic E-state index is 11.8. The van der Waals surface area contributed by atoms with Gasteiger partial charge in [0.2, 0.25) is 15.9 Å². The predicted molar refractivity (Wildman–Crippen MR) is 82.2 cm³/mol. The van der Waals surface area contributed by atoms with Crippen molar-refractivity contribution in [2.24, 2.45) is 5.92 Å². The van der Waals surface area contributed by atoms with Gasteiger partial charge < -0.3 is 10.6 Å². The molecule has 6 nitrogen and oxygen atoms in total. The summed E-state index contributed by atoms with van der Waals surface area (Å²) in [6.07, 6.45) is 0. The van der Waals surface area contributed by atoms with Gasteiger partial charge in [-0.2, -0.15) is 0 Å². The number of hydrogen-bond acceptors (Lipinski definition) is 4. The van der Waals surface area contributed by atoms with Crippen molar-refractivity contribution in [2.75, 3.05) is 20.1 Å². The van der Waals surface area contributed by atoms with Gasteiger partial charge in [-0.05, 0) is 24.7 Å². The van der Waals surface area contributed by atoms with E-state index in [-0.39, 0.29) is 16.7 Å². The molecule has 0 spiro atoms. The van der Waals surface area contributed by atoms with Crippen LogP contribution in [0.4, 0.5) is 0 Å². The van der Waals surface area contributed by atoms with E-state index in [0.29, 0.717) is 19.6 Å². The van der Waals surface area contributed by atoms with Crippen LogP contribution in [0.25, 0.3) is 0 Å². The van der Waals surface area contributed by atoms with Crippen LogP contribution in [0, 0.1) is 5.92 Å². The van der Waals surface area contributed by atoms with Gasteiger partial charge in [0.05, 0.1) is 4.90 Å². The maximum atomic E-state index is 11.8. The van der Waals surface area contributed by atoms with Crippen LogP contribution in [0.1, 0.15) is 19.4 Å². The number of sulfonamides is 1. The largest absolute Gasteiger partial charge is 0.352 e. The van der Waals surface area contributed by atoms with E-state index in [1.165, 1.54) is 12.1 Å². The van der Waals surface area contributed by atoms with Crippen molar-refractivity contribution < 1.29 is 13.2 Å². The molecule has 1 amide bonds. The van der Waals surface area contributed by atoms with E-state index in [0.717, 1.165) is 5.56 Å². The second-order valence-corrected chi connectivity index (χ2v) is 6.59. The number of amides is 1. The van der Waals surface area contributed by atoms with E-state index < -0.39 is 10.0 Å². The highest BCUT2D eigenvalue weighted by Crippen LogP contribution is 2.10. The highest BCUT2D eigenvalue weighted by Gasteiger charge is 2.13. The van der Waals surface area contributed by atoms with E-state index in [1.54, 1.807) is 26.1 Å². The molecule has 0 aliphatic heterocycles. The van der Waals surface area contributed by atoms with E-state index in [1.807, 2.05) is 6.92 Å². The van der Waals surface area contributed by atoms with Crippen LogP contribution in [0.3, 0.4) is 0 Å². The molecule has 0 aromatic heterocycles. The van der Waals surface area contributed by atoms with Gasteiger partial charge in [-0.3, -0.25) is 4.79 Å². The molecule has 21 heavy (non-hydrogen) atoms. The summed E-state index contributed by atoms with van der Waals surface area (Å²) >= 11 is 0. The van der Waals surface area contributed by atoms with E-state index in [2.05, 4.69) is 15.4 Å². The number of nitrogens with one attached hydrogen (secondary N) is 3. The van der Waals surface area contributed by atoms with Crippen LogP contribution in [-0.4, -0.2) is 34.5 Å². The Labute approximate surface area is 126 Å². The Balaban J connectivity index is 2.62. The highest BCUT2D eigenvalue weighted by atomic mass is 32.2. The first-order valence-corrected chi connectivity index (χ1v) is 8.40. The average molecular weight is 313 g/mol. The number of benzene rings is 1. The fourth-order valence-corrected chi connectivity index (χ4v) is 2.86. The summed E-state index contributed by atoms with van der Waals surface area (Å²) in [6.45, 7) is 4.93. The Morgan fingerprint density at radius 1 is 1.24 bits per heavy atom. The van der Waals surface area contributed by atoms with Gasteiger partial charge in [-0.25, -0.2) is 13.1 Å². The van der Waals surface area contributed by atoms with Crippen molar-refractivity contribution in [1.29, 1.82) is 0 Å². The zero-order valence-corrected chi connectivity index (χ0v) is 13.5. The lowest BCUT2D eigenvalue weighted by atomic mass is 10.1. The first kappa shape index (κ1) is 17.6. The summed E-state index contributed by atoms with van der Waals surface area (Å²) < 4.78 is 26.0. The highest BCUT2D eigenvalue weighted by molar-refractivity contribution is 7.89. The third-order valence-corrected chi connectivity index (χ3v) is 4.55. The van der Waals surface area contributed by atoms with Crippen LogP contribution < -0.4 is 15.4 Å². The van der Waals surface area contributed by atoms with Crippen molar-refractivity contribution in [2.45, 2.75) is 25.3 Å². The molecular weight excluding hydrogens is 290 g/mol. The quantitative estimate of drug-likeness (QED) is 0.650. The lowest BCUT2D eigenvalue weighted by molar-refractivity contribution is -0.124. The standard InChI is InChI=1S/C14H23N3O3S/c1-4-17-21(19,20)13-7-5-12(6-8-13)10-16-14(18)11(2)9-15-3/h5-8,11,15,17H,4,9-10H2,1-3H3,(H,16,18). The zero-order valence-electron chi connectivity index (χ0n) is 12.6. The minimum absolute atomic E-state index is 0.0336. The summed E-state index contributed by atoms with van der Waals surface area (Å²) in [5, 5.41) is 5.77. The third kappa shape index (κ3) is 5.45. The SMILES string of the molecule is CCNS(=O)(=O)c1ccc(CNC(=O)C(C)CNC)cc1. The molecule has 7 heteroatoms. The molecule has 118 valence electrons.